The Hall–Kier alpha value is -3.04. The van der Waals surface area contributed by atoms with Gasteiger partial charge in [-0.05, 0) is 38.1 Å². The van der Waals surface area contributed by atoms with Gasteiger partial charge in [0.15, 0.2) is 5.82 Å². The molecule has 0 bridgehead atoms. The molecule has 10 heteroatoms. The van der Waals surface area contributed by atoms with Gasteiger partial charge in [-0.15, -0.1) is 10.2 Å². The van der Waals surface area contributed by atoms with Crippen LogP contribution in [0.1, 0.15) is 37.0 Å². The molecule has 0 radical (unpaired) electrons. The van der Waals surface area contributed by atoms with Crippen molar-refractivity contribution in [2.75, 3.05) is 5.32 Å². The smallest absolute Gasteiger partial charge is 0.338 e. The SMILES string of the molecule is Cn1nnc(CNc2cc(C(=O)OC(C)(C)C)ccc2[N+](=O)[O-])n1. The van der Waals surface area contributed by atoms with E-state index >= 15 is 0 Å². The minimum Gasteiger partial charge on any atom is -0.456 e. The maximum atomic E-state index is 12.1. The molecular weight excluding hydrogens is 316 g/mol. The van der Waals surface area contributed by atoms with Gasteiger partial charge in [0, 0.05) is 6.07 Å². The van der Waals surface area contributed by atoms with Gasteiger partial charge >= 0.3 is 5.97 Å². The van der Waals surface area contributed by atoms with Crippen molar-refractivity contribution in [3.8, 4) is 0 Å². The molecule has 0 atom stereocenters. The first kappa shape index (κ1) is 17.3. The Bertz CT molecular complexity index is 765. The van der Waals surface area contributed by atoms with Gasteiger partial charge in [0.05, 0.1) is 24.1 Å². The number of hydrogen-bond acceptors (Lipinski definition) is 8. The highest BCUT2D eigenvalue weighted by atomic mass is 16.6. The molecule has 128 valence electrons. The minimum atomic E-state index is -0.657. The highest BCUT2D eigenvalue weighted by Crippen LogP contribution is 2.26. The Balaban J connectivity index is 2.24. The number of nitro benzene ring substituents is 1. The third kappa shape index (κ3) is 4.48. The lowest BCUT2D eigenvalue weighted by Gasteiger charge is -2.19. The fourth-order valence-electron chi connectivity index (χ4n) is 1.87. The molecule has 0 aliphatic carbocycles. The Kier molecular flexibility index (Phi) is 4.77. The van der Waals surface area contributed by atoms with Crippen molar-refractivity contribution in [2.24, 2.45) is 7.05 Å². The summed E-state index contributed by atoms with van der Waals surface area (Å²) in [4.78, 5) is 24.0. The van der Waals surface area contributed by atoms with Gasteiger partial charge in [-0.1, -0.05) is 0 Å². The average molecular weight is 334 g/mol. The highest BCUT2D eigenvalue weighted by molar-refractivity contribution is 5.91. The number of aryl methyl sites for hydroxylation is 1. The number of nitrogens with zero attached hydrogens (tertiary/aromatic N) is 5. The lowest BCUT2D eigenvalue weighted by molar-refractivity contribution is -0.384. The molecule has 0 fully saturated rings. The zero-order chi connectivity index (χ0) is 17.9. The Labute approximate surface area is 138 Å². The van der Waals surface area contributed by atoms with Gasteiger partial charge in [0.25, 0.3) is 5.69 Å². The lowest BCUT2D eigenvalue weighted by atomic mass is 10.1. The third-order valence-corrected chi connectivity index (χ3v) is 2.81. The summed E-state index contributed by atoms with van der Waals surface area (Å²) >= 11 is 0. The summed E-state index contributed by atoms with van der Waals surface area (Å²) in [5.41, 5.74) is -0.428. The Morgan fingerprint density at radius 2 is 2.12 bits per heavy atom. The zero-order valence-electron chi connectivity index (χ0n) is 13.8. The number of ether oxygens (including phenoxy) is 1. The Morgan fingerprint density at radius 1 is 1.42 bits per heavy atom. The summed E-state index contributed by atoms with van der Waals surface area (Å²) in [7, 11) is 1.61. The first-order valence-electron chi connectivity index (χ1n) is 7.14. The van der Waals surface area contributed by atoms with Crippen LogP contribution in [0.4, 0.5) is 11.4 Å². The number of tetrazole rings is 1. The quantitative estimate of drug-likeness (QED) is 0.497. The molecule has 2 aromatic rings. The van der Waals surface area contributed by atoms with Gasteiger partial charge < -0.3 is 10.1 Å². The number of carbonyl (C=O) groups excluding carboxylic acids is 1. The molecule has 10 nitrogen and oxygen atoms in total. The molecule has 0 aliphatic rings. The van der Waals surface area contributed by atoms with Crippen LogP contribution in [0.25, 0.3) is 0 Å². The summed E-state index contributed by atoms with van der Waals surface area (Å²) in [6.45, 7) is 5.37. The van der Waals surface area contributed by atoms with Crippen molar-refractivity contribution in [1.82, 2.24) is 20.2 Å². The standard InChI is InChI=1S/C14H18N6O4/c1-14(2,3)24-13(21)9-5-6-11(20(22)23)10(7-9)15-8-12-16-18-19(4)17-12/h5-7,15H,8H2,1-4H3. The van der Waals surface area contributed by atoms with E-state index in [1.807, 2.05) is 0 Å². The minimum absolute atomic E-state index is 0.131. The monoisotopic (exact) mass is 334 g/mol. The van der Waals surface area contributed by atoms with Gasteiger partial charge in [-0.2, -0.15) is 4.80 Å². The summed E-state index contributed by atoms with van der Waals surface area (Å²) in [5.74, 6) is -0.187. The van der Waals surface area contributed by atoms with Crippen molar-refractivity contribution in [1.29, 1.82) is 0 Å². The van der Waals surface area contributed by atoms with Gasteiger partial charge in [0.1, 0.15) is 11.3 Å². The van der Waals surface area contributed by atoms with E-state index in [0.717, 1.165) is 0 Å². The molecule has 0 saturated heterocycles. The number of nitrogens with one attached hydrogen (secondary N) is 1. The van der Waals surface area contributed by atoms with Crippen LogP contribution in [-0.4, -0.2) is 36.7 Å². The molecule has 1 heterocycles. The summed E-state index contributed by atoms with van der Waals surface area (Å²) in [6.07, 6.45) is 0. The average Bonchev–Trinajstić information content (AvgIpc) is 2.88. The molecule has 0 amide bonds. The van der Waals surface area contributed by atoms with Crippen molar-refractivity contribution in [3.05, 3.63) is 39.7 Å². The van der Waals surface area contributed by atoms with E-state index in [-0.39, 0.29) is 23.5 Å². The molecular formula is C14H18N6O4. The number of carbonyl (C=O) groups is 1. The largest absolute Gasteiger partial charge is 0.456 e. The molecule has 2 rings (SSSR count). The highest BCUT2D eigenvalue weighted by Gasteiger charge is 2.21. The summed E-state index contributed by atoms with van der Waals surface area (Å²) in [5, 5.41) is 25.4. The van der Waals surface area contributed by atoms with E-state index in [9.17, 15) is 14.9 Å². The fraction of sp³-hybridized carbons (Fsp3) is 0.429. The predicted octanol–water partition coefficient (Wildman–Crippen LogP) is 1.69. The van der Waals surface area contributed by atoms with Crippen LogP contribution < -0.4 is 5.32 Å². The van der Waals surface area contributed by atoms with Gasteiger partial charge in [0.2, 0.25) is 0 Å². The second-order valence-electron chi connectivity index (χ2n) is 6.04. The van der Waals surface area contributed by atoms with Crippen molar-refractivity contribution in [3.63, 3.8) is 0 Å². The lowest BCUT2D eigenvalue weighted by Crippen LogP contribution is -2.24. The fourth-order valence-corrected chi connectivity index (χ4v) is 1.87. The molecule has 0 saturated carbocycles. The van der Waals surface area contributed by atoms with E-state index < -0.39 is 16.5 Å². The number of nitro groups is 1. The van der Waals surface area contributed by atoms with E-state index in [1.165, 1.54) is 23.0 Å². The summed E-state index contributed by atoms with van der Waals surface area (Å²) < 4.78 is 5.27. The predicted molar refractivity (Wildman–Crippen MR) is 84.4 cm³/mol. The maximum Gasteiger partial charge on any atom is 0.338 e. The molecule has 0 unspecified atom stereocenters. The first-order valence-corrected chi connectivity index (χ1v) is 7.14. The van der Waals surface area contributed by atoms with Crippen molar-refractivity contribution in [2.45, 2.75) is 32.9 Å². The van der Waals surface area contributed by atoms with Gasteiger partial charge in [-0.3, -0.25) is 10.1 Å². The first-order chi connectivity index (χ1) is 11.2. The van der Waals surface area contributed by atoms with Crippen LogP contribution in [0.2, 0.25) is 0 Å². The van der Waals surface area contributed by atoms with Crippen molar-refractivity contribution >= 4 is 17.3 Å². The van der Waals surface area contributed by atoms with Crippen LogP contribution in [-0.2, 0) is 18.3 Å². The van der Waals surface area contributed by atoms with E-state index in [0.29, 0.717) is 5.82 Å². The molecule has 24 heavy (non-hydrogen) atoms. The van der Waals surface area contributed by atoms with E-state index in [4.69, 9.17) is 4.74 Å². The second-order valence-corrected chi connectivity index (χ2v) is 6.04. The number of hydrogen-bond donors (Lipinski definition) is 1. The number of esters is 1. The molecule has 1 N–H and O–H groups in total. The Morgan fingerprint density at radius 3 is 2.67 bits per heavy atom. The zero-order valence-corrected chi connectivity index (χ0v) is 13.8. The molecule has 1 aromatic carbocycles. The topological polar surface area (TPSA) is 125 Å². The van der Waals surface area contributed by atoms with Crippen LogP contribution >= 0.6 is 0 Å². The number of anilines is 1. The van der Waals surface area contributed by atoms with Crippen LogP contribution in [0, 0.1) is 10.1 Å². The molecule has 0 spiro atoms. The number of aromatic nitrogens is 4. The number of benzene rings is 1. The van der Waals surface area contributed by atoms with Crippen molar-refractivity contribution < 1.29 is 14.5 Å². The van der Waals surface area contributed by atoms with Crippen LogP contribution in [0.15, 0.2) is 18.2 Å². The second kappa shape index (κ2) is 6.60. The molecule has 1 aromatic heterocycles. The van der Waals surface area contributed by atoms with Crippen LogP contribution in [0.5, 0.6) is 0 Å². The molecule has 0 aliphatic heterocycles. The third-order valence-electron chi connectivity index (χ3n) is 2.81. The normalized spacial score (nSPS) is 11.2. The summed E-state index contributed by atoms with van der Waals surface area (Å²) in [6, 6.07) is 3.99. The van der Waals surface area contributed by atoms with E-state index in [2.05, 4.69) is 20.7 Å². The maximum absolute atomic E-state index is 12.1. The van der Waals surface area contributed by atoms with E-state index in [1.54, 1.807) is 27.8 Å². The number of rotatable bonds is 5. The van der Waals surface area contributed by atoms with Crippen LogP contribution in [0.3, 0.4) is 0 Å². The van der Waals surface area contributed by atoms with Gasteiger partial charge in [-0.25, -0.2) is 4.79 Å².